The number of halogens is 2. The number of rotatable bonds is 3. The smallest absolute Gasteiger partial charge is 0.163 e. The quantitative estimate of drug-likeness (QED) is 0.904. The largest absolute Gasteiger partial charge is 0.314 e. The number of benzene rings is 1. The second-order valence-electron chi connectivity index (χ2n) is 5.68. The van der Waals surface area contributed by atoms with Gasteiger partial charge in [0.05, 0.1) is 0 Å². The van der Waals surface area contributed by atoms with Crippen LogP contribution in [0.2, 0.25) is 0 Å². The minimum atomic E-state index is -0.750. The van der Waals surface area contributed by atoms with Gasteiger partial charge in [-0.3, -0.25) is 9.80 Å². The van der Waals surface area contributed by atoms with Gasteiger partial charge in [0.15, 0.2) is 11.6 Å². The molecule has 5 heteroatoms. The van der Waals surface area contributed by atoms with E-state index < -0.39 is 11.6 Å². The van der Waals surface area contributed by atoms with Crippen LogP contribution in [0.3, 0.4) is 0 Å². The molecule has 0 radical (unpaired) electrons. The molecular weight excluding hydrogens is 260 g/mol. The fourth-order valence-corrected chi connectivity index (χ4v) is 3.21. The maximum Gasteiger partial charge on any atom is 0.163 e. The Morgan fingerprint density at radius 3 is 2.75 bits per heavy atom. The standard InChI is InChI=1S/C15H21F2N3/c16-14-3-1-2-12(15(14)17)10-19-7-4-13(11-19)20-8-5-18-6-9-20/h1-3,13,18H,4-11H2. The molecule has 1 unspecified atom stereocenters. The Hall–Kier alpha value is -1.04. The normalized spacial score (nSPS) is 25.2. The van der Waals surface area contributed by atoms with Crippen LogP contribution in [-0.4, -0.2) is 55.1 Å². The van der Waals surface area contributed by atoms with Gasteiger partial charge in [-0.2, -0.15) is 0 Å². The summed E-state index contributed by atoms with van der Waals surface area (Å²) in [6, 6.07) is 4.99. The van der Waals surface area contributed by atoms with Gasteiger partial charge in [0.1, 0.15) is 0 Å². The molecule has 1 aromatic rings. The number of likely N-dealkylation sites (tertiary alicyclic amines) is 1. The van der Waals surface area contributed by atoms with E-state index in [4.69, 9.17) is 0 Å². The minimum absolute atomic E-state index is 0.464. The van der Waals surface area contributed by atoms with Crippen LogP contribution in [0.25, 0.3) is 0 Å². The molecule has 2 fully saturated rings. The summed E-state index contributed by atoms with van der Waals surface area (Å²) in [5, 5.41) is 3.36. The maximum atomic E-state index is 13.7. The van der Waals surface area contributed by atoms with Gasteiger partial charge in [0.2, 0.25) is 0 Å². The molecule has 0 aliphatic carbocycles. The first-order valence-electron chi connectivity index (χ1n) is 7.34. The Bertz CT molecular complexity index is 460. The van der Waals surface area contributed by atoms with Crippen LogP contribution in [0.15, 0.2) is 18.2 Å². The number of piperazine rings is 1. The predicted molar refractivity (Wildman–Crippen MR) is 74.5 cm³/mol. The third kappa shape index (κ3) is 3.00. The average molecular weight is 281 g/mol. The third-order valence-electron chi connectivity index (χ3n) is 4.34. The Labute approximate surface area is 118 Å². The lowest BCUT2D eigenvalue weighted by atomic mass is 10.2. The van der Waals surface area contributed by atoms with Gasteiger partial charge in [-0.05, 0) is 12.5 Å². The first-order valence-corrected chi connectivity index (χ1v) is 7.34. The Morgan fingerprint density at radius 1 is 1.15 bits per heavy atom. The highest BCUT2D eigenvalue weighted by molar-refractivity contribution is 5.19. The molecule has 1 N–H and O–H groups in total. The van der Waals surface area contributed by atoms with Crippen LogP contribution in [-0.2, 0) is 6.54 Å². The van der Waals surface area contributed by atoms with Crippen molar-refractivity contribution in [1.82, 2.24) is 15.1 Å². The van der Waals surface area contributed by atoms with Gasteiger partial charge < -0.3 is 5.32 Å². The zero-order valence-corrected chi connectivity index (χ0v) is 11.6. The third-order valence-corrected chi connectivity index (χ3v) is 4.34. The molecule has 2 aliphatic heterocycles. The highest BCUT2D eigenvalue weighted by atomic mass is 19.2. The second-order valence-corrected chi connectivity index (χ2v) is 5.68. The van der Waals surface area contributed by atoms with E-state index in [0.717, 1.165) is 45.7 Å². The summed E-state index contributed by atoms with van der Waals surface area (Å²) in [7, 11) is 0. The van der Waals surface area contributed by atoms with Crippen LogP contribution in [0.1, 0.15) is 12.0 Å². The summed E-state index contributed by atoms with van der Waals surface area (Å²) in [4.78, 5) is 4.74. The number of nitrogens with one attached hydrogen (secondary N) is 1. The maximum absolute atomic E-state index is 13.7. The van der Waals surface area contributed by atoms with Crippen molar-refractivity contribution in [1.29, 1.82) is 0 Å². The van der Waals surface area contributed by atoms with E-state index in [2.05, 4.69) is 15.1 Å². The van der Waals surface area contributed by atoms with Crippen molar-refractivity contribution in [3.63, 3.8) is 0 Å². The van der Waals surface area contributed by atoms with Crippen molar-refractivity contribution in [3.05, 3.63) is 35.4 Å². The molecule has 110 valence electrons. The lowest BCUT2D eigenvalue weighted by Crippen LogP contribution is -2.49. The molecule has 0 amide bonds. The van der Waals surface area contributed by atoms with E-state index >= 15 is 0 Å². The molecule has 0 spiro atoms. The van der Waals surface area contributed by atoms with E-state index in [0.29, 0.717) is 18.2 Å². The molecule has 1 aromatic carbocycles. The van der Waals surface area contributed by atoms with Crippen LogP contribution in [0.4, 0.5) is 8.78 Å². The van der Waals surface area contributed by atoms with Crippen LogP contribution in [0, 0.1) is 11.6 Å². The SMILES string of the molecule is Fc1cccc(CN2CCC(N3CCNCC3)C2)c1F. The van der Waals surface area contributed by atoms with E-state index in [1.54, 1.807) is 12.1 Å². The fourth-order valence-electron chi connectivity index (χ4n) is 3.21. The van der Waals surface area contributed by atoms with Gasteiger partial charge in [0, 0.05) is 57.4 Å². The molecular formula is C15H21F2N3. The average Bonchev–Trinajstić information content (AvgIpc) is 2.93. The lowest BCUT2D eigenvalue weighted by Gasteiger charge is -2.32. The predicted octanol–water partition coefficient (Wildman–Crippen LogP) is 1.44. The molecule has 20 heavy (non-hydrogen) atoms. The molecule has 0 bridgehead atoms. The second kappa shape index (κ2) is 6.16. The summed E-state index contributed by atoms with van der Waals surface area (Å²) in [6.45, 7) is 6.70. The molecule has 0 aromatic heterocycles. The summed E-state index contributed by atoms with van der Waals surface area (Å²) in [6.07, 6.45) is 1.12. The van der Waals surface area contributed by atoms with E-state index in [9.17, 15) is 8.78 Å². The fraction of sp³-hybridized carbons (Fsp3) is 0.600. The number of hydrogen-bond acceptors (Lipinski definition) is 3. The Morgan fingerprint density at radius 2 is 1.95 bits per heavy atom. The van der Waals surface area contributed by atoms with Crippen molar-refractivity contribution < 1.29 is 8.78 Å². The summed E-state index contributed by atoms with van der Waals surface area (Å²) >= 11 is 0. The Kier molecular flexibility index (Phi) is 4.29. The van der Waals surface area contributed by atoms with Crippen LogP contribution in [0.5, 0.6) is 0 Å². The van der Waals surface area contributed by atoms with Crippen molar-refractivity contribution in [3.8, 4) is 0 Å². The zero-order valence-electron chi connectivity index (χ0n) is 11.6. The topological polar surface area (TPSA) is 18.5 Å². The summed E-state index contributed by atoms with van der Waals surface area (Å²) in [5.74, 6) is -1.45. The number of nitrogens with zero attached hydrogens (tertiary/aromatic N) is 2. The molecule has 1 atom stereocenters. The van der Waals surface area contributed by atoms with Crippen LogP contribution < -0.4 is 5.32 Å². The highest BCUT2D eigenvalue weighted by Crippen LogP contribution is 2.20. The molecule has 3 nitrogen and oxygen atoms in total. The van der Waals surface area contributed by atoms with Gasteiger partial charge in [0.25, 0.3) is 0 Å². The summed E-state index contributed by atoms with van der Waals surface area (Å²) < 4.78 is 26.9. The van der Waals surface area contributed by atoms with Crippen LogP contribution >= 0.6 is 0 Å². The van der Waals surface area contributed by atoms with Crippen molar-refractivity contribution in [2.45, 2.75) is 19.0 Å². The Balaban J connectivity index is 1.58. The molecule has 0 saturated carbocycles. The zero-order chi connectivity index (χ0) is 13.9. The van der Waals surface area contributed by atoms with E-state index in [1.807, 2.05) is 0 Å². The lowest BCUT2D eigenvalue weighted by molar-refractivity contribution is 0.170. The van der Waals surface area contributed by atoms with Gasteiger partial charge in [-0.15, -0.1) is 0 Å². The molecule has 2 saturated heterocycles. The van der Waals surface area contributed by atoms with Crippen molar-refractivity contribution in [2.24, 2.45) is 0 Å². The van der Waals surface area contributed by atoms with Crippen molar-refractivity contribution >= 4 is 0 Å². The molecule has 2 aliphatic rings. The minimum Gasteiger partial charge on any atom is -0.314 e. The van der Waals surface area contributed by atoms with Gasteiger partial charge in [-0.25, -0.2) is 8.78 Å². The number of hydrogen-bond donors (Lipinski definition) is 1. The van der Waals surface area contributed by atoms with E-state index in [-0.39, 0.29) is 0 Å². The van der Waals surface area contributed by atoms with Crippen molar-refractivity contribution in [2.75, 3.05) is 39.3 Å². The highest BCUT2D eigenvalue weighted by Gasteiger charge is 2.28. The molecule has 3 rings (SSSR count). The summed E-state index contributed by atoms with van der Waals surface area (Å²) in [5.41, 5.74) is 0.464. The van der Waals surface area contributed by atoms with Gasteiger partial charge in [-0.1, -0.05) is 12.1 Å². The first-order chi connectivity index (χ1) is 9.74. The monoisotopic (exact) mass is 281 g/mol. The first kappa shape index (κ1) is 13.9. The van der Waals surface area contributed by atoms with Gasteiger partial charge >= 0.3 is 0 Å². The van der Waals surface area contributed by atoms with E-state index in [1.165, 1.54) is 6.07 Å². The molecule has 2 heterocycles.